The fourth-order valence-corrected chi connectivity index (χ4v) is 1.15. The molecule has 3 nitrogen and oxygen atoms in total. The summed E-state index contributed by atoms with van der Waals surface area (Å²) in [6.45, 7) is -0.0253. The summed E-state index contributed by atoms with van der Waals surface area (Å²) in [7, 11) is 0. The maximum Gasteiger partial charge on any atom is 0.176 e. The van der Waals surface area contributed by atoms with Crippen LogP contribution in [0.15, 0.2) is 30.3 Å². The van der Waals surface area contributed by atoms with E-state index in [0.29, 0.717) is 6.42 Å². The zero-order chi connectivity index (χ0) is 9.52. The Bertz CT molecular complexity index is 279. The van der Waals surface area contributed by atoms with E-state index in [2.05, 4.69) is 5.32 Å². The van der Waals surface area contributed by atoms with Gasteiger partial charge in [0.2, 0.25) is 0 Å². The van der Waals surface area contributed by atoms with Gasteiger partial charge in [-0.25, -0.2) is 0 Å². The number of aliphatic hydroxyl groups excluding tert-OH is 1. The molecule has 0 aliphatic rings. The molecule has 0 saturated carbocycles. The summed E-state index contributed by atoms with van der Waals surface area (Å²) in [6.07, 6.45) is 2.50. The lowest BCUT2D eigenvalue weighted by molar-refractivity contribution is 0.253. The van der Waals surface area contributed by atoms with Crippen LogP contribution in [0.2, 0.25) is 0 Å². The molecule has 0 bridgehead atoms. The Labute approximate surface area is 77.6 Å². The van der Waals surface area contributed by atoms with E-state index < -0.39 is 0 Å². The number of hydrogen-bond donors (Lipinski definition) is 2. The summed E-state index contributed by atoms with van der Waals surface area (Å²) in [5, 5.41) is 19.8. The minimum Gasteiger partial charge on any atom is -0.394 e. The second kappa shape index (κ2) is 5.18. The van der Waals surface area contributed by atoms with Gasteiger partial charge in [-0.1, -0.05) is 30.3 Å². The first-order chi connectivity index (χ1) is 6.36. The van der Waals surface area contributed by atoms with Crippen molar-refractivity contribution in [2.75, 3.05) is 6.61 Å². The van der Waals surface area contributed by atoms with Crippen molar-refractivity contribution >= 4 is 0 Å². The SMILES string of the molecule is N#CN[C@H](CO)Cc1ccccc1. The Balaban J connectivity index is 2.53. The molecular weight excluding hydrogens is 164 g/mol. The average molecular weight is 176 g/mol. The van der Waals surface area contributed by atoms with Gasteiger partial charge in [-0.15, -0.1) is 0 Å². The number of rotatable bonds is 4. The molecule has 1 rings (SSSR count). The molecule has 0 aromatic heterocycles. The Morgan fingerprint density at radius 2 is 2.08 bits per heavy atom. The van der Waals surface area contributed by atoms with E-state index in [0.717, 1.165) is 5.56 Å². The maximum absolute atomic E-state index is 8.90. The van der Waals surface area contributed by atoms with Gasteiger partial charge in [0.1, 0.15) is 0 Å². The van der Waals surface area contributed by atoms with Crippen molar-refractivity contribution in [2.24, 2.45) is 0 Å². The predicted molar refractivity (Wildman–Crippen MR) is 49.8 cm³/mol. The molecule has 3 heteroatoms. The van der Waals surface area contributed by atoms with Gasteiger partial charge in [0.25, 0.3) is 0 Å². The minimum atomic E-state index is -0.174. The summed E-state index contributed by atoms with van der Waals surface area (Å²) < 4.78 is 0. The van der Waals surface area contributed by atoms with E-state index in [1.165, 1.54) is 0 Å². The number of nitrogens with one attached hydrogen (secondary N) is 1. The topological polar surface area (TPSA) is 56.0 Å². The molecular formula is C10H12N2O. The normalized spacial score (nSPS) is 11.7. The number of nitriles is 1. The van der Waals surface area contributed by atoms with Crippen LogP contribution in [-0.2, 0) is 6.42 Å². The standard InChI is InChI=1S/C10H12N2O/c11-8-12-10(7-13)6-9-4-2-1-3-5-9/h1-5,10,12-13H,6-7H2/t10-/m0/s1. The first-order valence-corrected chi connectivity index (χ1v) is 4.16. The van der Waals surface area contributed by atoms with E-state index in [1.54, 1.807) is 0 Å². The van der Waals surface area contributed by atoms with Crippen molar-refractivity contribution in [3.63, 3.8) is 0 Å². The number of benzene rings is 1. The van der Waals surface area contributed by atoms with Crippen LogP contribution in [0, 0.1) is 11.5 Å². The Morgan fingerprint density at radius 3 is 2.62 bits per heavy atom. The molecule has 0 unspecified atom stereocenters. The van der Waals surface area contributed by atoms with Crippen molar-refractivity contribution in [1.82, 2.24) is 5.32 Å². The van der Waals surface area contributed by atoms with Crippen LogP contribution in [0.25, 0.3) is 0 Å². The van der Waals surface area contributed by atoms with E-state index in [4.69, 9.17) is 10.4 Å². The Hall–Kier alpha value is -1.53. The van der Waals surface area contributed by atoms with Crippen molar-refractivity contribution in [3.8, 4) is 6.19 Å². The van der Waals surface area contributed by atoms with E-state index in [1.807, 2.05) is 36.5 Å². The molecule has 1 aromatic rings. The van der Waals surface area contributed by atoms with Crippen LogP contribution in [-0.4, -0.2) is 17.8 Å². The summed E-state index contributed by atoms with van der Waals surface area (Å²) in [6, 6.07) is 9.60. The molecule has 0 saturated heterocycles. The average Bonchev–Trinajstić information content (AvgIpc) is 2.19. The first-order valence-electron chi connectivity index (χ1n) is 4.16. The molecule has 2 N–H and O–H groups in total. The van der Waals surface area contributed by atoms with Crippen LogP contribution < -0.4 is 5.32 Å². The number of hydrogen-bond acceptors (Lipinski definition) is 3. The first kappa shape index (κ1) is 9.56. The molecule has 0 fully saturated rings. The highest BCUT2D eigenvalue weighted by atomic mass is 16.3. The molecule has 0 spiro atoms. The quantitative estimate of drug-likeness (QED) is 0.523. The Kier molecular flexibility index (Phi) is 3.80. The van der Waals surface area contributed by atoms with Crippen LogP contribution >= 0.6 is 0 Å². The second-order valence-corrected chi connectivity index (χ2v) is 2.83. The maximum atomic E-state index is 8.90. The highest BCUT2D eigenvalue weighted by Crippen LogP contribution is 2.02. The van der Waals surface area contributed by atoms with E-state index in [9.17, 15) is 0 Å². The third kappa shape index (κ3) is 3.14. The predicted octanol–water partition coefficient (Wildman–Crippen LogP) is 0.661. The largest absolute Gasteiger partial charge is 0.394 e. The van der Waals surface area contributed by atoms with E-state index in [-0.39, 0.29) is 12.6 Å². The summed E-state index contributed by atoms with van der Waals surface area (Å²) in [5.74, 6) is 0. The second-order valence-electron chi connectivity index (χ2n) is 2.83. The molecule has 0 radical (unpaired) electrons. The van der Waals surface area contributed by atoms with Crippen LogP contribution in [0.1, 0.15) is 5.56 Å². The molecule has 0 heterocycles. The van der Waals surface area contributed by atoms with Gasteiger partial charge < -0.3 is 10.4 Å². The van der Waals surface area contributed by atoms with Crippen molar-refractivity contribution in [2.45, 2.75) is 12.5 Å². The highest BCUT2D eigenvalue weighted by molar-refractivity contribution is 5.16. The van der Waals surface area contributed by atoms with Gasteiger partial charge >= 0.3 is 0 Å². The molecule has 0 aliphatic heterocycles. The third-order valence-electron chi connectivity index (χ3n) is 1.81. The van der Waals surface area contributed by atoms with Crippen molar-refractivity contribution in [3.05, 3.63) is 35.9 Å². The lowest BCUT2D eigenvalue weighted by Gasteiger charge is -2.11. The summed E-state index contributed by atoms with van der Waals surface area (Å²) in [4.78, 5) is 0. The third-order valence-corrected chi connectivity index (χ3v) is 1.81. The van der Waals surface area contributed by atoms with Gasteiger partial charge in [0.05, 0.1) is 12.6 Å². The van der Waals surface area contributed by atoms with Crippen molar-refractivity contribution < 1.29 is 5.11 Å². The lowest BCUT2D eigenvalue weighted by Crippen LogP contribution is -2.30. The number of nitrogens with zero attached hydrogens (tertiary/aromatic N) is 1. The zero-order valence-electron chi connectivity index (χ0n) is 7.27. The Morgan fingerprint density at radius 1 is 1.38 bits per heavy atom. The van der Waals surface area contributed by atoms with E-state index >= 15 is 0 Å². The van der Waals surface area contributed by atoms with Gasteiger partial charge in [-0.05, 0) is 12.0 Å². The molecule has 1 aromatic carbocycles. The monoisotopic (exact) mass is 176 g/mol. The summed E-state index contributed by atoms with van der Waals surface area (Å²) in [5.41, 5.74) is 1.12. The summed E-state index contributed by atoms with van der Waals surface area (Å²) >= 11 is 0. The zero-order valence-corrected chi connectivity index (χ0v) is 7.27. The van der Waals surface area contributed by atoms with Gasteiger partial charge in [0, 0.05) is 0 Å². The highest BCUT2D eigenvalue weighted by Gasteiger charge is 2.05. The van der Waals surface area contributed by atoms with Crippen LogP contribution in [0.3, 0.4) is 0 Å². The smallest absolute Gasteiger partial charge is 0.176 e. The van der Waals surface area contributed by atoms with Crippen molar-refractivity contribution in [1.29, 1.82) is 5.26 Å². The fraction of sp³-hybridized carbons (Fsp3) is 0.300. The molecule has 13 heavy (non-hydrogen) atoms. The molecule has 0 amide bonds. The lowest BCUT2D eigenvalue weighted by atomic mass is 10.1. The van der Waals surface area contributed by atoms with Crippen LogP contribution in [0.5, 0.6) is 0 Å². The minimum absolute atomic E-state index is 0.0253. The van der Waals surface area contributed by atoms with Crippen LogP contribution in [0.4, 0.5) is 0 Å². The number of aliphatic hydroxyl groups is 1. The molecule has 68 valence electrons. The molecule has 1 atom stereocenters. The van der Waals surface area contributed by atoms with Gasteiger partial charge in [-0.3, -0.25) is 0 Å². The fourth-order valence-electron chi connectivity index (χ4n) is 1.15. The van der Waals surface area contributed by atoms with Gasteiger partial charge in [0.15, 0.2) is 6.19 Å². The molecule has 0 aliphatic carbocycles. The van der Waals surface area contributed by atoms with Gasteiger partial charge in [-0.2, -0.15) is 5.26 Å².